The Morgan fingerprint density at radius 1 is 1.23 bits per heavy atom. The second kappa shape index (κ2) is 11.7. The van der Waals surface area contributed by atoms with E-state index >= 15 is 0 Å². The summed E-state index contributed by atoms with van der Waals surface area (Å²) in [7, 11) is 1.74. The Morgan fingerprint density at radius 2 is 1.96 bits per heavy atom. The molecule has 0 amide bonds. The maximum atomic E-state index is 10.6. The number of thiophene rings is 1. The fraction of sp³-hybridized carbons (Fsp3) is 0.353. The molecule has 0 spiro atoms. The molecule has 9 heteroatoms. The zero-order valence-corrected chi connectivity index (χ0v) is 17.9. The van der Waals surface area contributed by atoms with Gasteiger partial charge in [0.2, 0.25) is 0 Å². The highest BCUT2D eigenvalue weighted by Gasteiger charge is 2.07. The first-order valence-electron chi connectivity index (χ1n) is 8.05. The molecule has 1 aromatic carbocycles. The first-order valence-corrected chi connectivity index (χ1v) is 8.99. The van der Waals surface area contributed by atoms with E-state index in [9.17, 15) is 10.1 Å². The van der Waals surface area contributed by atoms with E-state index in [1.165, 1.54) is 17.7 Å². The molecule has 0 saturated heterocycles. The van der Waals surface area contributed by atoms with Gasteiger partial charge in [0, 0.05) is 44.5 Å². The molecule has 0 bridgehead atoms. The summed E-state index contributed by atoms with van der Waals surface area (Å²) in [6.07, 6.45) is 0. The van der Waals surface area contributed by atoms with Crippen molar-refractivity contribution in [2.75, 3.05) is 32.0 Å². The first kappa shape index (κ1) is 22.2. The molecule has 1 aromatic heterocycles. The van der Waals surface area contributed by atoms with Crippen LogP contribution in [0.1, 0.15) is 18.4 Å². The minimum absolute atomic E-state index is 0. The van der Waals surface area contributed by atoms with Gasteiger partial charge in [-0.25, -0.2) is 0 Å². The summed E-state index contributed by atoms with van der Waals surface area (Å²) in [6.45, 7) is 4.35. The minimum Gasteiger partial charge on any atom is -0.383 e. The maximum absolute atomic E-state index is 10.6. The minimum atomic E-state index is -0.405. The summed E-state index contributed by atoms with van der Waals surface area (Å²) in [5, 5.41) is 24.6. The Hall–Kier alpha value is -1.88. The maximum Gasteiger partial charge on any atom is 0.269 e. The van der Waals surface area contributed by atoms with Gasteiger partial charge in [-0.15, -0.1) is 24.0 Å². The number of rotatable bonds is 8. The van der Waals surface area contributed by atoms with Crippen LogP contribution in [0.3, 0.4) is 0 Å². The van der Waals surface area contributed by atoms with Crippen LogP contribution < -0.4 is 16.0 Å². The van der Waals surface area contributed by atoms with Crippen LogP contribution in [-0.4, -0.2) is 37.6 Å². The van der Waals surface area contributed by atoms with Crippen molar-refractivity contribution in [3.05, 3.63) is 56.8 Å². The van der Waals surface area contributed by atoms with Gasteiger partial charge in [0.15, 0.2) is 5.96 Å². The lowest BCUT2D eigenvalue weighted by molar-refractivity contribution is -0.384. The average Bonchev–Trinajstić information content (AvgIpc) is 3.16. The van der Waals surface area contributed by atoms with Gasteiger partial charge in [0.05, 0.1) is 4.92 Å². The predicted molar refractivity (Wildman–Crippen MR) is 119 cm³/mol. The van der Waals surface area contributed by atoms with Gasteiger partial charge in [-0.05, 0) is 40.4 Å². The monoisotopic (exact) mass is 489 g/mol. The van der Waals surface area contributed by atoms with E-state index in [2.05, 4.69) is 44.7 Å². The van der Waals surface area contributed by atoms with Gasteiger partial charge < -0.3 is 16.0 Å². The molecule has 2 rings (SSSR count). The third kappa shape index (κ3) is 7.16. The van der Waals surface area contributed by atoms with Crippen molar-refractivity contribution >= 4 is 52.6 Å². The molecular formula is C17H24IN5O2S. The van der Waals surface area contributed by atoms with Crippen molar-refractivity contribution in [2.45, 2.75) is 12.8 Å². The lowest BCUT2D eigenvalue weighted by Gasteiger charge is -2.15. The van der Waals surface area contributed by atoms with Crippen molar-refractivity contribution in [1.82, 2.24) is 10.6 Å². The molecule has 0 aliphatic rings. The standard InChI is InChI=1S/C17H23N5O2S.HI/c1-13(14-7-10-25-12-14)11-21-17(18-2)20-9-8-19-15-3-5-16(6-4-15)22(23)24;/h3-7,10,12-13,19H,8-9,11H2,1-2H3,(H2,18,20,21);1H. The molecule has 1 atom stereocenters. The van der Waals surface area contributed by atoms with Crippen LogP contribution in [0, 0.1) is 10.1 Å². The highest BCUT2D eigenvalue weighted by molar-refractivity contribution is 14.0. The van der Waals surface area contributed by atoms with Gasteiger partial charge in [0.1, 0.15) is 0 Å². The van der Waals surface area contributed by atoms with Gasteiger partial charge in [-0.2, -0.15) is 11.3 Å². The summed E-state index contributed by atoms with van der Waals surface area (Å²) in [4.78, 5) is 14.4. The third-order valence-electron chi connectivity index (χ3n) is 3.74. The van der Waals surface area contributed by atoms with Crippen LogP contribution in [0.25, 0.3) is 0 Å². The Labute approximate surface area is 174 Å². The molecule has 0 radical (unpaired) electrons. The van der Waals surface area contributed by atoms with E-state index in [1.807, 2.05) is 0 Å². The van der Waals surface area contributed by atoms with Crippen LogP contribution in [0.5, 0.6) is 0 Å². The van der Waals surface area contributed by atoms with Crippen molar-refractivity contribution < 1.29 is 4.92 Å². The summed E-state index contributed by atoms with van der Waals surface area (Å²) >= 11 is 1.71. The number of guanidine groups is 1. The van der Waals surface area contributed by atoms with Crippen LogP contribution in [0.15, 0.2) is 46.1 Å². The van der Waals surface area contributed by atoms with E-state index in [4.69, 9.17) is 0 Å². The summed E-state index contributed by atoms with van der Waals surface area (Å²) < 4.78 is 0. The quantitative estimate of drug-likeness (QED) is 0.132. The molecule has 0 aliphatic heterocycles. The molecule has 1 heterocycles. The lowest BCUT2D eigenvalue weighted by atomic mass is 10.1. The van der Waals surface area contributed by atoms with Gasteiger partial charge in [-0.1, -0.05) is 6.92 Å². The van der Waals surface area contributed by atoms with Crippen LogP contribution in [-0.2, 0) is 0 Å². The molecular weight excluding hydrogens is 465 g/mol. The van der Waals surface area contributed by atoms with Crippen molar-refractivity contribution in [1.29, 1.82) is 0 Å². The first-order chi connectivity index (χ1) is 12.1. The third-order valence-corrected chi connectivity index (χ3v) is 4.44. The van der Waals surface area contributed by atoms with Gasteiger partial charge in [0.25, 0.3) is 5.69 Å². The number of hydrogen-bond donors (Lipinski definition) is 3. The molecule has 26 heavy (non-hydrogen) atoms. The van der Waals surface area contributed by atoms with Gasteiger partial charge in [-0.3, -0.25) is 15.1 Å². The van der Waals surface area contributed by atoms with E-state index in [0.717, 1.165) is 18.2 Å². The smallest absolute Gasteiger partial charge is 0.269 e. The lowest BCUT2D eigenvalue weighted by Crippen LogP contribution is -2.40. The molecule has 0 aliphatic carbocycles. The summed E-state index contributed by atoms with van der Waals surface area (Å²) in [5.74, 6) is 1.18. The predicted octanol–water partition coefficient (Wildman–Crippen LogP) is 3.65. The zero-order valence-electron chi connectivity index (χ0n) is 14.8. The van der Waals surface area contributed by atoms with Crippen LogP contribution in [0.2, 0.25) is 0 Å². The number of nitro groups is 1. The molecule has 1 unspecified atom stereocenters. The molecule has 142 valence electrons. The number of benzene rings is 1. The van der Waals surface area contributed by atoms with Crippen molar-refractivity contribution in [3.8, 4) is 0 Å². The van der Waals surface area contributed by atoms with Gasteiger partial charge >= 0.3 is 0 Å². The summed E-state index contributed by atoms with van der Waals surface area (Å²) in [6, 6.07) is 8.52. The number of aliphatic imine (C=N–C) groups is 1. The number of nitrogens with one attached hydrogen (secondary N) is 3. The van der Waals surface area contributed by atoms with Crippen LogP contribution in [0.4, 0.5) is 11.4 Å². The summed E-state index contributed by atoms with van der Waals surface area (Å²) in [5.41, 5.74) is 2.27. The van der Waals surface area contributed by atoms with Crippen molar-refractivity contribution in [2.24, 2.45) is 4.99 Å². The second-order valence-electron chi connectivity index (χ2n) is 5.57. The van der Waals surface area contributed by atoms with E-state index in [-0.39, 0.29) is 29.7 Å². The van der Waals surface area contributed by atoms with Crippen LogP contribution >= 0.6 is 35.3 Å². The number of nitro benzene ring substituents is 1. The number of hydrogen-bond acceptors (Lipinski definition) is 5. The van der Waals surface area contributed by atoms with E-state index < -0.39 is 4.92 Å². The molecule has 0 saturated carbocycles. The molecule has 0 fully saturated rings. The normalized spacial score (nSPS) is 12.0. The molecule has 7 nitrogen and oxygen atoms in total. The fourth-order valence-electron chi connectivity index (χ4n) is 2.23. The molecule has 3 N–H and O–H groups in total. The molecule has 2 aromatic rings. The van der Waals surface area contributed by atoms with E-state index in [1.54, 1.807) is 30.5 Å². The second-order valence-corrected chi connectivity index (χ2v) is 6.35. The number of non-ortho nitro benzene ring substituents is 1. The number of anilines is 1. The Morgan fingerprint density at radius 3 is 2.54 bits per heavy atom. The average molecular weight is 489 g/mol. The Kier molecular flexibility index (Phi) is 9.96. The number of nitrogens with zero attached hydrogens (tertiary/aromatic N) is 2. The SMILES string of the molecule is CN=C(NCCNc1ccc([N+](=O)[O-])cc1)NCC(C)c1ccsc1.I. The topological polar surface area (TPSA) is 91.6 Å². The fourth-order valence-corrected chi connectivity index (χ4v) is 3.01. The zero-order chi connectivity index (χ0) is 18.1. The van der Waals surface area contributed by atoms with E-state index in [0.29, 0.717) is 19.0 Å². The highest BCUT2D eigenvalue weighted by Crippen LogP contribution is 2.17. The largest absolute Gasteiger partial charge is 0.383 e. The Bertz CT molecular complexity index is 692. The van der Waals surface area contributed by atoms with Crippen molar-refractivity contribution in [3.63, 3.8) is 0 Å². The Balaban J connectivity index is 0.00000338. The number of halogens is 1. The highest BCUT2D eigenvalue weighted by atomic mass is 127.